The van der Waals surface area contributed by atoms with E-state index in [1.165, 1.54) is 23.9 Å². The highest BCUT2D eigenvalue weighted by Gasteiger charge is 2.49. The number of hydrogen-bond donors (Lipinski definition) is 1. The van der Waals surface area contributed by atoms with Gasteiger partial charge in [-0.15, -0.1) is 0 Å². The van der Waals surface area contributed by atoms with Crippen LogP contribution in [0.5, 0.6) is 0 Å². The molecule has 1 aromatic heterocycles. The van der Waals surface area contributed by atoms with E-state index in [4.69, 9.17) is 10.5 Å². The molecule has 3 heterocycles. The predicted octanol–water partition coefficient (Wildman–Crippen LogP) is 2.73. The van der Waals surface area contributed by atoms with Crippen LogP contribution in [0.4, 0.5) is 8.78 Å². The summed E-state index contributed by atoms with van der Waals surface area (Å²) >= 11 is 1.46. The molecule has 0 spiro atoms. The summed E-state index contributed by atoms with van der Waals surface area (Å²) in [6, 6.07) is 3.60. The molecule has 2 N–H and O–H groups in total. The van der Waals surface area contributed by atoms with E-state index in [1.54, 1.807) is 10.9 Å². The van der Waals surface area contributed by atoms with Gasteiger partial charge in [-0.05, 0) is 12.5 Å². The highest BCUT2D eigenvalue weighted by atomic mass is 32.2. The Morgan fingerprint density at radius 3 is 2.96 bits per heavy atom. The Morgan fingerprint density at radius 2 is 2.24 bits per heavy atom. The van der Waals surface area contributed by atoms with Crippen LogP contribution in [0.25, 0.3) is 0 Å². The van der Waals surface area contributed by atoms with Gasteiger partial charge in [-0.3, -0.25) is 4.68 Å². The van der Waals surface area contributed by atoms with Crippen molar-refractivity contribution in [1.29, 1.82) is 0 Å². The normalized spacial score (nSPS) is 29.2. The van der Waals surface area contributed by atoms with Gasteiger partial charge in [0.25, 0.3) is 0 Å². The van der Waals surface area contributed by atoms with E-state index in [0.717, 1.165) is 11.6 Å². The van der Waals surface area contributed by atoms with Crippen LogP contribution >= 0.6 is 11.8 Å². The van der Waals surface area contributed by atoms with Crippen molar-refractivity contribution in [3.8, 4) is 0 Å². The quantitative estimate of drug-likeness (QED) is 0.890. The summed E-state index contributed by atoms with van der Waals surface area (Å²) in [6.45, 7) is 0.195. The second kappa shape index (κ2) is 6.10. The lowest BCUT2D eigenvalue weighted by Gasteiger charge is -2.46. The molecule has 0 amide bonds. The first-order chi connectivity index (χ1) is 12.0. The summed E-state index contributed by atoms with van der Waals surface area (Å²) in [5.41, 5.74) is 6.36. The lowest BCUT2D eigenvalue weighted by atomic mass is 9.74. The number of halogens is 2. The third-order valence-corrected chi connectivity index (χ3v) is 5.87. The van der Waals surface area contributed by atoms with Crippen molar-refractivity contribution in [1.82, 2.24) is 9.78 Å². The largest absolute Gasteiger partial charge is 0.379 e. The number of aromatic nitrogens is 2. The molecule has 2 aliphatic heterocycles. The van der Waals surface area contributed by atoms with Gasteiger partial charge in [0.05, 0.1) is 18.9 Å². The molecule has 2 aromatic rings. The van der Waals surface area contributed by atoms with Gasteiger partial charge >= 0.3 is 0 Å². The van der Waals surface area contributed by atoms with Crippen molar-refractivity contribution in [2.24, 2.45) is 23.7 Å². The van der Waals surface area contributed by atoms with Crippen molar-refractivity contribution in [3.63, 3.8) is 0 Å². The number of rotatable bonds is 2. The number of aliphatic imine (C=N–C) groups is 1. The molecular weight excluding hydrogens is 346 g/mol. The minimum absolute atomic E-state index is 0.0312. The maximum Gasteiger partial charge on any atom is 0.154 e. The number of benzene rings is 1. The number of thioether (sulfide) groups is 1. The predicted molar refractivity (Wildman–Crippen MR) is 92.1 cm³/mol. The summed E-state index contributed by atoms with van der Waals surface area (Å²) in [7, 11) is 1.85. The molecule has 2 aliphatic rings. The van der Waals surface area contributed by atoms with E-state index in [0.29, 0.717) is 22.9 Å². The number of amidine groups is 1. The van der Waals surface area contributed by atoms with Crippen LogP contribution in [0.3, 0.4) is 0 Å². The van der Waals surface area contributed by atoms with Crippen LogP contribution < -0.4 is 5.73 Å². The Balaban J connectivity index is 1.73. The maximum absolute atomic E-state index is 14.5. The second-order valence-corrected chi connectivity index (χ2v) is 7.53. The number of aryl methyl sites for hydroxylation is 1. The SMILES string of the molecule is Cn1cc(C2CC3CSC(N)=NC3(c3ccc(F)cc3F)CO2)cn1. The molecule has 3 atom stereocenters. The van der Waals surface area contributed by atoms with Gasteiger partial charge in [-0.25, -0.2) is 13.8 Å². The van der Waals surface area contributed by atoms with Crippen molar-refractivity contribution in [2.75, 3.05) is 12.4 Å². The van der Waals surface area contributed by atoms with Gasteiger partial charge in [-0.1, -0.05) is 17.8 Å². The fourth-order valence-electron chi connectivity index (χ4n) is 3.65. The highest BCUT2D eigenvalue weighted by Crippen LogP contribution is 2.49. The first kappa shape index (κ1) is 16.5. The molecule has 0 radical (unpaired) electrons. The second-order valence-electron chi connectivity index (χ2n) is 6.49. The lowest BCUT2D eigenvalue weighted by molar-refractivity contribution is -0.0588. The smallest absolute Gasteiger partial charge is 0.154 e. The Kier molecular flexibility index (Phi) is 4.04. The van der Waals surface area contributed by atoms with Gasteiger partial charge in [0.1, 0.15) is 17.2 Å². The first-order valence-electron chi connectivity index (χ1n) is 8.02. The average molecular weight is 364 g/mol. The number of fused-ring (bicyclic) bond motifs is 1. The first-order valence-corrected chi connectivity index (χ1v) is 9.00. The fraction of sp³-hybridized carbons (Fsp3) is 0.412. The van der Waals surface area contributed by atoms with Crippen molar-refractivity contribution in [3.05, 3.63) is 53.4 Å². The van der Waals surface area contributed by atoms with Crippen LogP contribution in [0.1, 0.15) is 23.7 Å². The zero-order chi connectivity index (χ0) is 17.6. The van der Waals surface area contributed by atoms with Gasteiger partial charge in [0, 0.05) is 42.1 Å². The average Bonchev–Trinajstić information content (AvgIpc) is 3.00. The van der Waals surface area contributed by atoms with E-state index < -0.39 is 17.2 Å². The Morgan fingerprint density at radius 1 is 1.40 bits per heavy atom. The molecule has 3 unspecified atom stereocenters. The van der Waals surface area contributed by atoms with Crippen LogP contribution in [-0.4, -0.2) is 27.3 Å². The maximum atomic E-state index is 14.5. The molecule has 8 heteroatoms. The molecule has 1 fully saturated rings. The Labute approximate surface area is 148 Å². The van der Waals surface area contributed by atoms with E-state index in [9.17, 15) is 8.78 Å². The molecule has 0 saturated carbocycles. The minimum atomic E-state index is -0.911. The van der Waals surface area contributed by atoms with Gasteiger partial charge in [-0.2, -0.15) is 5.10 Å². The lowest BCUT2D eigenvalue weighted by Crippen LogP contribution is -2.48. The van der Waals surface area contributed by atoms with Crippen molar-refractivity contribution < 1.29 is 13.5 Å². The number of hydrogen-bond acceptors (Lipinski definition) is 5. The minimum Gasteiger partial charge on any atom is -0.379 e. The Bertz CT molecular complexity index is 840. The highest BCUT2D eigenvalue weighted by molar-refractivity contribution is 8.13. The monoisotopic (exact) mass is 364 g/mol. The van der Waals surface area contributed by atoms with E-state index in [1.807, 2.05) is 13.2 Å². The van der Waals surface area contributed by atoms with Crippen LogP contribution in [-0.2, 0) is 17.3 Å². The molecule has 1 saturated heterocycles. The van der Waals surface area contributed by atoms with Crippen LogP contribution in [0, 0.1) is 17.6 Å². The summed E-state index contributed by atoms with van der Waals surface area (Å²) in [6.07, 6.45) is 4.25. The van der Waals surface area contributed by atoms with Crippen molar-refractivity contribution in [2.45, 2.75) is 18.1 Å². The molecule has 1 aromatic carbocycles. The molecule has 0 bridgehead atoms. The fourth-order valence-corrected chi connectivity index (χ4v) is 4.66. The van der Waals surface area contributed by atoms with Crippen molar-refractivity contribution >= 4 is 16.9 Å². The molecular formula is C17H18F2N4OS. The molecule has 4 rings (SSSR count). The Hall–Kier alpha value is -1.93. The third-order valence-electron chi connectivity index (χ3n) is 4.91. The molecule has 0 aliphatic carbocycles. The topological polar surface area (TPSA) is 65.4 Å². The molecule has 25 heavy (non-hydrogen) atoms. The van der Waals surface area contributed by atoms with E-state index in [2.05, 4.69) is 10.1 Å². The third kappa shape index (κ3) is 2.83. The van der Waals surface area contributed by atoms with Crippen LogP contribution in [0.15, 0.2) is 35.6 Å². The van der Waals surface area contributed by atoms with Gasteiger partial charge in [0.15, 0.2) is 5.17 Å². The standard InChI is InChI=1S/C17H18F2N4OS/c1-23-7-10(6-21-23)15-4-11-8-25-16(20)22-17(11,9-24-15)13-3-2-12(18)5-14(13)19/h2-3,5-7,11,15H,4,8-9H2,1H3,(H2,20,22). The van der Waals surface area contributed by atoms with Crippen LogP contribution in [0.2, 0.25) is 0 Å². The molecule has 132 valence electrons. The summed E-state index contributed by atoms with van der Waals surface area (Å²) in [4.78, 5) is 4.58. The number of nitrogens with zero attached hydrogens (tertiary/aromatic N) is 3. The van der Waals surface area contributed by atoms with E-state index >= 15 is 0 Å². The summed E-state index contributed by atoms with van der Waals surface area (Å²) < 4.78 is 35.7. The molecule has 5 nitrogen and oxygen atoms in total. The zero-order valence-electron chi connectivity index (χ0n) is 13.7. The number of nitrogens with two attached hydrogens (primary N) is 1. The summed E-state index contributed by atoms with van der Waals surface area (Å²) in [5, 5.41) is 4.60. The van der Waals surface area contributed by atoms with Gasteiger partial charge < -0.3 is 10.5 Å². The summed E-state index contributed by atoms with van der Waals surface area (Å²) in [5.74, 6) is -0.478. The zero-order valence-corrected chi connectivity index (χ0v) is 14.5. The van der Waals surface area contributed by atoms with E-state index in [-0.39, 0.29) is 18.6 Å². The van der Waals surface area contributed by atoms with Gasteiger partial charge in [0.2, 0.25) is 0 Å². The number of ether oxygens (including phenoxy) is 1.